The first kappa shape index (κ1) is 14.3. The first-order chi connectivity index (χ1) is 9.17. The van der Waals surface area contributed by atoms with Crippen molar-refractivity contribution in [2.75, 3.05) is 5.88 Å². The molecule has 1 aromatic carbocycles. The second-order valence-electron chi connectivity index (χ2n) is 3.52. The molecular formula is C12H10BrClN4S. The van der Waals surface area contributed by atoms with Gasteiger partial charge in [-0.25, -0.2) is 15.0 Å². The SMILES string of the molecule is NC(CCl)=Nc1ccc(Sc2ncc(Br)cn2)cc1. The Hall–Kier alpha value is -1.11. The predicted octanol–water partition coefficient (Wildman–Crippen LogP) is 3.62. The zero-order valence-corrected chi connectivity index (χ0v) is 12.9. The molecule has 7 heteroatoms. The van der Waals surface area contributed by atoms with Crippen LogP contribution in [0.3, 0.4) is 0 Å². The highest BCUT2D eigenvalue weighted by atomic mass is 79.9. The van der Waals surface area contributed by atoms with E-state index in [4.69, 9.17) is 17.3 Å². The number of hydrogen-bond acceptors (Lipinski definition) is 4. The second kappa shape index (κ2) is 6.88. The number of nitrogens with zero attached hydrogens (tertiary/aromatic N) is 3. The van der Waals surface area contributed by atoms with Crippen LogP contribution in [0.25, 0.3) is 0 Å². The lowest BCUT2D eigenvalue weighted by Crippen LogP contribution is -2.12. The Balaban J connectivity index is 2.08. The molecule has 0 saturated heterocycles. The third-order valence-electron chi connectivity index (χ3n) is 2.05. The van der Waals surface area contributed by atoms with Gasteiger partial charge in [0, 0.05) is 17.3 Å². The molecule has 4 nitrogen and oxygen atoms in total. The zero-order chi connectivity index (χ0) is 13.7. The van der Waals surface area contributed by atoms with Crippen molar-refractivity contribution in [1.29, 1.82) is 0 Å². The summed E-state index contributed by atoms with van der Waals surface area (Å²) in [5, 5.41) is 0.694. The van der Waals surface area contributed by atoms with E-state index in [9.17, 15) is 0 Å². The molecular weight excluding hydrogens is 348 g/mol. The van der Waals surface area contributed by atoms with Gasteiger partial charge in [-0.1, -0.05) is 0 Å². The van der Waals surface area contributed by atoms with Gasteiger partial charge >= 0.3 is 0 Å². The minimum Gasteiger partial charge on any atom is -0.386 e. The van der Waals surface area contributed by atoms with Crippen LogP contribution < -0.4 is 5.73 Å². The van der Waals surface area contributed by atoms with Crippen molar-refractivity contribution < 1.29 is 0 Å². The van der Waals surface area contributed by atoms with Gasteiger partial charge < -0.3 is 5.73 Å². The van der Waals surface area contributed by atoms with E-state index >= 15 is 0 Å². The second-order valence-corrected chi connectivity index (χ2v) is 5.74. The summed E-state index contributed by atoms with van der Waals surface area (Å²) < 4.78 is 0.859. The number of alkyl halides is 1. The lowest BCUT2D eigenvalue weighted by Gasteiger charge is -2.01. The summed E-state index contributed by atoms with van der Waals surface area (Å²) in [5.41, 5.74) is 6.35. The maximum Gasteiger partial charge on any atom is 0.192 e. The van der Waals surface area contributed by atoms with Crippen LogP contribution >= 0.6 is 39.3 Å². The first-order valence-corrected chi connectivity index (χ1v) is 7.46. The summed E-state index contributed by atoms with van der Waals surface area (Å²) in [4.78, 5) is 13.6. The lowest BCUT2D eigenvalue weighted by molar-refractivity contribution is 0.958. The Bertz CT molecular complexity index is 571. The standard InChI is InChI=1S/C12H10BrClN4S/c13-8-6-16-12(17-7-8)19-10-3-1-9(2-4-10)18-11(15)5-14/h1-4,6-7H,5H2,(H2,15,18). The molecule has 0 saturated carbocycles. The van der Waals surface area contributed by atoms with E-state index in [-0.39, 0.29) is 5.88 Å². The van der Waals surface area contributed by atoms with Crippen LogP contribution in [-0.2, 0) is 0 Å². The normalized spacial score (nSPS) is 11.6. The van der Waals surface area contributed by atoms with Crippen LogP contribution in [0.5, 0.6) is 0 Å². The zero-order valence-electron chi connectivity index (χ0n) is 9.75. The Morgan fingerprint density at radius 3 is 2.47 bits per heavy atom. The summed E-state index contributed by atoms with van der Waals surface area (Å²) in [6.07, 6.45) is 3.43. The number of nitrogens with two attached hydrogens (primary N) is 1. The van der Waals surface area contributed by atoms with E-state index in [0.29, 0.717) is 11.0 Å². The molecule has 0 aliphatic carbocycles. The maximum absolute atomic E-state index is 5.57. The van der Waals surface area contributed by atoms with E-state index in [1.165, 1.54) is 11.8 Å². The molecule has 2 aromatic rings. The molecule has 0 radical (unpaired) electrons. The van der Waals surface area contributed by atoms with Crippen molar-refractivity contribution in [3.63, 3.8) is 0 Å². The van der Waals surface area contributed by atoms with E-state index in [1.54, 1.807) is 12.4 Å². The molecule has 1 aromatic heterocycles. The van der Waals surface area contributed by atoms with Crippen LogP contribution in [0.15, 0.2) is 56.2 Å². The molecule has 1 heterocycles. The smallest absolute Gasteiger partial charge is 0.192 e. The fraction of sp³-hybridized carbons (Fsp3) is 0.0833. The predicted molar refractivity (Wildman–Crippen MR) is 82.3 cm³/mol. The van der Waals surface area contributed by atoms with Crippen molar-refractivity contribution in [3.05, 3.63) is 41.1 Å². The van der Waals surface area contributed by atoms with Crippen LogP contribution in [0.4, 0.5) is 5.69 Å². The van der Waals surface area contributed by atoms with Gasteiger partial charge in [0.15, 0.2) is 5.16 Å². The molecule has 2 rings (SSSR count). The number of hydrogen-bond donors (Lipinski definition) is 1. The minimum absolute atomic E-state index is 0.225. The van der Waals surface area contributed by atoms with Gasteiger partial charge in [0.05, 0.1) is 16.0 Å². The quantitative estimate of drug-likeness (QED) is 0.393. The maximum atomic E-state index is 5.57. The van der Waals surface area contributed by atoms with Crippen LogP contribution in [0.1, 0.15) is 0 Å². The molecule has 98 valence electrons. The van der Waals surface area contributed by atoms with Crippen LogP contribution in [0, 0.1) is 0 Å². The average Bonchev–Trinajstić information content (AvgIpc) is 2.43. The van der Waals surface area contributed by atoms with Crippen LogP contribution in [-0.4, -0.2) is 21.7 Å². The van der Waals surface area contributed by atoms with Gasteiger partial charge in [-0.05, 0) is 52.0 Å². The van der Waals surface area contributed by atoms with E-state index in [1.807, 2.05) is 24.3 Å². The highest BCUT2D eigenvalue weighted by Gasteiger charge is 2.01. The number of rotatable bonds is 4. The Morgan fingerprint density at radius 1 is 1.26 bits per heavy atom. The van der Waals surface area contributed by atoms with Crippen molar-refractivity contribution in [2.24, 2.45) is 10.7 Å². The number of benzene rings is 1. The van der Waals surface area contributed by atoms with E-state index in [0.717, 1.165) is 15.1 Å². The fourth-order valence-electron chi connectivity index (χ4n) is 1.24. The molecule has 0 bridgehead atoms. The van der Waals surface area contributed by atoms with Crippen molar-refractivity contribution >= 4 is 50.8 Å². The van der Waals surface area contributed by atoms with Crippen molar-refractivity contribution in [1.82, 2.24) is 9.97 Å². The summed E-state index contributed by atoms with van der Waals surface area (Å²) in [6, 6.07) is 7.63. The van der Waals surface area contributed by atoms with Gasteiger partial charge in [0.2, 0.25) is 0 Å². The minimum atomic E-state index is 0.225. The van der Waals surface area contributed by atoms with Gasteiger partial charge in [-0.2, -0.15) is 0 Å². The molecule has 19 heavy (non-hydrogen) atoms. The Labute approximate surface area is 128 Å². The number of aliphatic imine (C=N–C) groups is 1. The van der Waals surface area contributed by atoms with Gasteiger partial charge in [0.1, 0.15) is 5.84 Å². The monoisotopic (exact) mass is 356 g/mol. The Kier molecular flexibility index (Phi) is 5.18. The van der Waals surface area contributed by atoms with E-state index in [2.05, 4.69) is 30.9 Å². The number of aromatic nitrogens is 2. The molecule has 0 aliphatic heterocycles. The Morgan fingerprint density at radius 2 is 1.89 bits per heavy atom. The molecule has 0 spiro atoms. The third kappa shape index (κ3) is 4.49. The largest absolute Gasteiger partial charge is 0.386 e. The molecule has 0 aliphatic rings. The highest BCUT2D eigenvalue weighted by Crippen LogP contribution is 2.26. The first-order valence-electron chi connectivity index (χ1n) is 5.32. The molecule has 0 fully saturated rings. The van der Waals surface area contributed by atoms with E-state index < -0.39 is 0 Å². The topological polar surface area (TPSA) is 64.2 Å². The van der Waals surface area contributed by atoms with Crippen molar-refractivity contribution in [3.8, 4) is 0 Å². The summed E-state index contributed by atoms with van der Waals surface area (Å²) >= 11 is 10.4. The lowest BCUT2D eigenvalue weighted by atomic mass is 10.3. The van der Waals surface area contributed by atoms with Gasteiger partial charge in [-0.3, -0.25) is 0 Å². The molecule has 0 atom stereocenters. The van der Waals surface area contributed by atoms with Crippen LogP contribution in [0.2, 0.25) is 0 Å². The van der Waals surface area contributed by atoms with Gasteiger partial charge in [-0.15, -0.1) is 11.6 Å². The number of halogens is 2. The summed E-state index contributed by atoms with van der Waals surface area (Å²) in [6.45, 7) is 0. The third-order valence-corrected chi connectivity index (χ3v) is 3.64. The highest BCUT2D eigenvalue weighted by molar-refractivity contribution is 9.10. The summed E-state index contributed by atoms with van der Waals surface area (Å²) in [7, 11) is 0. The molecule has 0 unspecified atom stereocenters. The molecule has 0 amide bonds. The molecule has 2 N–H and O–H groups in total. The summed E-state index contributed by atoms with van der Waals surface area (Å²) in [5.74, 6) is 0.627. The fourth-order valence-corrected chi connectivity index (χ4v) is 2.20. The average molecular weight is 358 g/mol. The van der Waals surface area contributed by atoms with Gasteiger partial charge in [0.25, 0.3) is 0 Å². The van der Waals surface area contributed by atoms with Crippen molar-refractivity contribution in [2.45, 2.75) is 10.1 Å². The number of amidine groups is 1.